The zero-order chi connectivity index (χ0) is 24.4. The molecule has 0 fully saturated rings. The molecule has 2 heterocycles. The van der Waals surface area contributed by atoms with E-state index in [4.69, 9.17) is 9.90 Å². The zero-order valence-corrected chi connectivity index (χ0v) is 17.1. The van der Waals surface area contributed by atoms with Crippen molar-refractivity contribution in [1.82, 2.24) is 0 Å². The highest BCUT2D eigenvalue weighted by atomic mass is 19.1. The van der Waals surface area contributed by atoms with Crippen LogP contribution in [0.15, 0.2) is 40.8 Å². The molecule has 4 heteroatoms. The standard InChI is InChI=1S/C25H24FN2O/c1-14(2)9-17-11-16(4)28(5)21(12-17)22-15(3)10-20(26)23-19-8-6-7-18(13-27)24(19)29-25(22)23/h6-8,10-12,14H,9H2,1-5H3/q+1/i9D2,11D,12D. The summed E-state index contributed by atoms with van der Waals surface area (Å²) in [7, 11) is 1.70. The van der Waals surface area contributed by atoms with E-state index >= 15 is 4.39 Å². The second-order valence-corrected chi connectivity index (χ2v) is 7.57. The Kier molecular flexibility index (Phi) is 3.56. The van der Waals surface area contributed by atoms with Crippen molar-refractivity contribution in [2.75, 3.05) is 0 Å². The minimum absolute atomic E-state index is 0.00574. The Morgan fingerprint density at radius 3 is 2.72 bits per heavy atom. The lowest BCUT2D eigenvalue weighted by Crippen LogP contribution is -2.35. The number of nitrogens with zero attached hydrogens (tertiary/aromatic N) is 2. The van der Waals surface area contributed by atoms with Crippen LogP contribution in [0.1, 0.15) is 41.7 Å². The third-order valence-electron chi connectivity index (χ3n) is 5.10. The third-order valence-corrected chi connectivity index (χ3v) is 5.10. The van der Waals surface area contributed by atoms with Gasteiger partial charge in [-0.2, -0.15) is 9.83 Å². The maximum atomic E-state index is 15.2. The third kappa shape index (κ3) is 3.07. The van der Waals surface area contributed by atoms with Gasteiger partial charge in [0.1, 0.15) is 18.9 Å². The molecule has 0 radical (unpaired) electrons. The fourth-order valence-corrected chi connectivity index (χ4v) is 3.69. The lowest BCUT2D eigenvalue weighted by molar-refractivity contribution is -0.666. The van der Waals surface area contributed by atoms with Gasteiger partial charge in [0.2, 0.25) is 5.69 Å². The lowest BCUT2D eigenvalue weighted by Gasteiger charge is -2.11. The van der Waals surface area contributed by atoms with Crippen molar-refractivity contribution in [3.8, 4) is 17.3 Å². The highest BCUT2D eigenvalue weighted by molar-refractivity contribution is 6.11. The highest BCUT2D eigenvalue weighted by Crippen LogP contribution is 2.39. The summed E-state index contributed by atoms with van der Waals surface area (Å²) in [5.74, 6) is -0.967. The molecular formula is C25H24FN2O+. The average molecular weight is 392 g/mol. The Bertz CT molecular complexity index is 1500. The van der Waals surface area contributed by atoms with E-state index in [9.17, 15) is 5.26 Å². The van der Waals surface area contributed by atoms with E-state index in [0.29, 0.717) is 27.9 Å². The smallest absolute Gasteiger partial charge is 0.216 e. The van der Waals surface area contributed by atoms with Gasteiger partial charge in [-0.15, -0.1) is 0 Å². The van der Waals surface area contributed by atoms with Crippen molar-refractivity contribution in [2.45, 2.75) is 34.1 Å². The Hall–Kier alpha value is -3.19. The number of hydrogen-bond acceptors (Lipinski definition) is 2. The van der Waals surface area contributed by atoms with Crippen molar-refractivity contribution in [1.29, 1.82) is 5.26 Å². The van der Waals surface area contributed by atoms with Gasteiger partial charge < -0.3 is 4.42 Å². The van der Waals surface area contributed by atoms with Gasteiger partial charge in [-0.25, -0.2) is 4.39 Å². The van der Waals surface area contributed by atoms with Crippen LogP contribution in [-0.4, -0.2) is 0 Å². The van der Waals surface area contributed by atoms with Crippen molar-refractivity contribution in [3.05, 3.63) is 64.6 Å². The van der Waals surface area contributed by atoms with Crippen LogP contribution >= 0.6 is 0 Å². The summed E-state index contributed by atoms with van der Waals surface area (Å²) in [5.41, 5.74) is 2.50. The molecule has 2 aromatic heterocycles. The molecule has 0 atom stereocenters. The topological polar surface area (TPSA) is 40.8 Å². The molecule has 0 saturated heterocycles. The molecule has 0 aliphatic rings. The van der Waals surface area contributed by atoms with Crippen molar-refractivity contribution in [3.63, 3.8) is 0 Å². The van der Waals surface area contributed by atoms with Crippen LogP contribution in [0.4, 0.5) is 4.39 Å². The molecule has 0 saturated carbocycles. The number of aryl methyl sites for hydroxylation is 1. The Morgan fingerprint density at radius 1 is 1.28 bits per heavy atom. The molecule has 4 aromatic rings. The Labute approximate surface area is 175 Å². The average Bonchev–Trinajstić information content (AvgIpc) is 3.14. The lowest BCUT2D eigenvalue weighted by atomic mass is 9.96. The summed E-state index contributed by atoms with van der Waals surface area (Å²) in [6.07, 6.45) is -1.92. The molecule has 4 rings (SSSR count). The molecule has 29 heavy (non-hydrogen) atoms. The van der Waals surface area contributed by atoms with E-state index in [1.165, 1.54) is 6.07 Å². The molecule has 0 amide bonds. The van der Waals surface area contributed by atoms with E-state index in [1.807, 2.05) is 0 Å². The van der Waals surface area contributed by atoms with Crippen LogP contribution < -0.4 is 4.57 Å². The first-order valence-electron chi connectivity index (χ1n) is 11.5. The van der Waals surface area contributed by atoms with Crippen LogP contribution in [0.5, 0.6) is 0 Å². The number of fused-ring (bicyclic) bond motifs is 3. The van der Waals surface area contributed by atoms with Gasteiger partial charge in [-0.3, -0.25) is 0 Å². The minimum atomic E-state index is -1.92. The molecular weight excluding hydrogens is 363 g/mol. The van der Waals surface area contributed by atoms with Gasteiger partial charge >= 0.3 is 0 Å². The maximum Gasteiger partial charge on any atom is 0.216 e. The zero-order valence-electron chi connectivity index (χ0n) is 21.1. The number of halogens is 1. The number of para-hydroxylation sites is 1. The van der Waals surface area contributed by atoms with Crippen LogP contribution in [0.2, 0.25) is 0 Å². The first-order chi connectivity index (χ1) is 15.4. The maximum absolute atomic E-state index is 15.2. The molecule has 0 spiro atoms. The number of rotatable bonds is 3. The van der Waals surface area contributed by atoms with E-state index in [2.05, 4.69) is 6.07 Å². The molecule has 0 N–H and O–H groups in total. The SMILES string of the molecule is [2H]c1c(C([2H])([2H])C(C)C)c([2H])c(-c2c(C)cc(F)c3c2oc2c(C#N)cccc23)[n+](C)c1C. The number of benzene rings is 2. The second-order valence-electron chi connectivity index (χ2n) is 7.57. The molecule has 2 aromatic carbocycles. The number of aromatic nitrogens is 1. The van der Waals surface area contributed by atoms with Gasteiger partial charge in [0.05, 0.1) is 19.3 Å². The normalized spacial score (nSPS) is 14.0. The predicted octanol–water partition coefficient (Wildman–Crippen LogP) is 5.90. The van der Waals surface area contributed by atoms with Crippen molar-refractivity contribution >= 4 is 21.9 Å². The van der Waals surface area contributed by atoms with Gasteiger partial charge in [-0.1, -0.05) is 26.0 Å². The summed E-state index contributed by atoms with van der Waals surface area (Å²) in [6.45, 7) is 6.83. The van der Waals surface area contributed by atoms with E-state index < -0.39 is 18.1 Å². The molecule has 0 aliphatic carbocycles. The minimum Gasteiger partial charge on any atom is -0.454 e. The largest absolute Gasteiger partial charge is 0.454 e. The van der Waals surface area contributed by atoms with Gasteiger partial charge in [0.25, 0.3) is 0 Å². The molecule has 0 aliphatic heterocycles. The van der Waals surface area contributed by atoms with Gasteiger partial charge in [0.15, 0.2) is 16.9 Å². The first-order valence-corrected chi connectivity index (χ1v) is 9.48. The highest BCUT2D eigenvalue weighted by Gasteiger charge is 2.25. The second kappa shape index (κ2) is 7.00. The van der Waals surface area contributed by atoms with Crippen LogP contribution in [-0.2, 0) is 13.4 Å². The van der Waals surface area contributed by atoms with E-state index in [1.54, 1.807) is 57.5 Å². The van der Waals surface area contributed by atoms with E-state index in [-0.39, 0.29) is 39.8 Å². The van der Waals surface area contributed by atoms with Crippen molar-refractivity contribution < 1.29 is 18.9 Å². The summed E-state index contributed by atoms with van der Waals surface area (Å²) < 4.78 is 57.7. The Balaban J connectivity index is 2.24. The van der Waals surface area contributed by atoms with Crippen LogP contribution in [0.3, 0.4) is 0 Å². The molecule has 146 valence electrons. The molecule has 0 unspecified atom stereocenters. The summed E-state index contributed by atoms with van der Waals surface area (Å²) in [6, 6.07) is 8.22. The van der Waals surface area contributed by atoms with Crippen LogP contribution in [0, 0.1) is 36.9 Å². The molecule has 3 nitrogen and oxygen atoms in total. The van der Waals surface area contributed by atoms with Gasteiger partial charge in [-0.05, 0) is 42.5 Å². The summed E-state index contributed by atoms with van der Waals surface area (Å²) in [4.78, 5) is 0. The Morgan fingerprint density at radius 2 is 2.03 bits per heavy atom. The number of furan rings is 1. The number of hydrogen-bond donors (Lipinski definition) is 0. The number of nitriles is 1. The summed E-state index contributed by atoms with van der Waals surface area (Å²) >= 11 is 0. The quantitative estimate of drug-likeness (QED) is 0.408. The van der Waals surface area contributed by atoms with Crippen molar-refractivity contribution in [2.24, 2.45) is 13.0 Å². The predicted molar refractivity (Wildman–Crippen MR) is 113 cm³/mol. The first kappa shape index (κ1) is 14.8. The van der Waals surface area contributed by atoms with Gasteiger partial charge in [0, 0.05) is 27.1 Å². The van der Waals surface area contributed by atoms with E-state index in [0.717, 1.165) is 0 Å². The fraction of sp³-hybridized carbons (Fsp3) is 0.280. The monoisotopic (exact) mass is 391 g/mol. The van der Waals surface area contributed by atoms with Crippen LogP contribution in [0.25, 0.3) is 33.2 Å². The molecule has 0 bridgehead atoms. The summed E-state index contributed by atoms with van der Waals surface area (Å²) in [5, 5.41) is 10.2. The number of pyridine rings is 1. The fourth-order valence-electron chi connectivity index (χ4n) is 3.69.